The van der Waals surface area contributed by atoms with E-state index in [4.69, 9.17) is 5.11 Å². The van der Waals surface area contributed by atoms with Gasteiger partial charge in [-0.2, -0.15) is 5.10 Å². The number of aliphatic hydroxyl groups excluding tert-OH is 1. The average molecular weight is 319 g/mol. The second-order valence-corrected chi connectivity index (χ2v) is 7.80. The quantitative estimate of drug-likeness (QED) is 0.652. The van der Waals surface area contributed by atoms with Crippen molar-refractivity contribution in [2.45, 2.75) is 44.7 Å². The lowest BCUT2D eigenvalue weighted by Crippen LogP contribution is -2.34. The average Bonchev–Trinajstić information content (AvgIpc) is 2.72. The van der Waals surface area contributed by atoms with Gasteiger partial charge in [0.15, 0.2) is 0 Å². The van der Waals surface area contributed by atoms with Gasteiger partial charge in [-0.05, 0) is 11.8 Å². The van der Waals surface area contributed by atoms with Gasteiger partial charge in [-0.25, -0.2) is 13.1 Å². The Morgan fingerprint density at radius 1 is 1.48 bits per heavy atom. The largest absolute Gasteiger partial charge is 0.480 e. The summed E-state index contributed by atoms with van der Waals surface area (Å²) in [5, 5.41) is 22.1. The molecule has 0 aliphatic carbocycles. The minimum absolute atomic E-state index is 0.107. The lowest BCUT2D eigenvalue weighted by molar-refractivity contribution is -0.137. The number of nitrogens with zero attached hydrogens (tertiary/aromatic N) is 2. The normalized spacial score (nSPS) is 14.1. The van der Waals surface area contributed by atoms with E-state index in [0.29, 0.717) is 6.42 Å². The lowest BCUT2D eigenvalue weighted by Gasteiger charge is -2.22. The number of hydrogen-bond donors (Lipinski definition) is 3. The van der Waals surface area contributed by atoms with Gasteiger partial charge in [-0.3, -0.25) is 9.48 Å². The molecule has 1 aromatic heterocycles. The fourth-order valence-corrected chi connectivity index (χ4v) is 2.80. The molecule has 21 heavy (non-hydrogen) atoms. The maximum absolute atomic E-state index is 12.0. The van der Waals surface area contributed by atoms with Crippen LogP contribution in [0.5, 0.6) is 0 Å². The van der Waals surface area contributed by atoms with Crippen LogP contribution in [-0.2, 0) is 21.4 Å². The highest BCUT2D eigenvalue weighted by Gasteiger charge is 2.21. The monoisotopic (exact) mass is 319 g/mol. The van der Waals surface area contributed by atoms with E-state index in [1.165, 1.54) is 0 Å². The summed E-state index contributed by atoms with van der Waals surface area (Å²) in [6.07, 6.45) is 1.86. The van der Waals surface area contributed by atoms with Crippen molar-refractivity contribution in [1.82, 2.24) is 14.5 Å². The van der Waals surface area contributed by atoms with Crippen LogP contribution in [0.4, 0.5) is 0 Å². The molecule has 0 aliphatic rings. The summed E-state index contributed by atoms with van der Waals surface area (Å²) in [6, 6.07) is 0. The molecule has 8 nitrogen and oxygen atoms in total. The van der Waals surface area contributed by atoms with Crippen LogP contribution in [0.15, 0.2) is 17.3 Å². The number of sulfonamides is 1. The zero-order valence-electron chi connectivity index (χ0n) is 12.3. The summed E-state index contributed by atoms with van der Waals surface area (Å²) < 4.78 is 27.3. The smallest absolute Gasteiger partial charge is 0.325 e. The molecule has 0 amide bonds. The van der Waals surface area contributed by atoms with Crippen LogP contribution in [0.25, 0.3) is 0 Å². The number of carboxylic acid groups (broad SMARTS) is 1. The molecule has 0 saturated carbocycles. The van der Waals surface area contributed by atoms with Gasteiger partial charge in [-0.15, -0.1) is 0 Å². The SMILES string of the molecule is CC(C)(C)CC(O)CNS(=O)(=O)c1cnn(CC(=O)O)c1. The first-order valence-corrected chi connectivity index (χ1v) is 7.90. The van der Waals surface area contributed by atoms with Crippen molar-refractivity contribution in [2.24, 2.45) is 5.41 Å². The number of hydrogen-bond acceptors (Lipinski definition) is 5. The molecule has 1 rings (SSSR count). The van der Waals surface area contributed by atoms with E-state index in [1.807, 2.05) is 20.8 Å². The molecule has 3 N–H and O–H groups in total. The molecular weight excluding hydrogens is 298 g/mol. The third kappa shape index (κ3) is 6.23. The number of carbonyl (C=O) groups is 1. The first-order chi connectivity index (χ1) is 9.49. The highest BCUT2D eigenvalue weighted by atomic mass is 32.2. The summed E-state index contributed by atoms with van der Waals surface area (Å²) in [5.41, 5.74) is -0.114. The van der Waals surface area contributed by atoms with Crippen molar-refractivity contribution in [3.8, 4) is 0 Å². The van der Waals surface area contributed by atoms with E-state index in [1.54, 1.807) is 0 Å². The highest BCUT2D eigenvalue weighted by molar-refractivity contribution is 7.89. The third-order valence-electron chi connectivity index (χ3n) is 2.57. The van der Waals surface area contributed by atoms with Crippen LogP contribution in [0.1, 0.15) is 27.2 Å². The first-order valence-electron chi connectivity index (χ1n) is 6.41. The highest BCUT2D eigenvalue weighted by Crippen LogP contribution is 2.20. The van der Waals surface area contributed by atoms with Crippen LogP contribution in [0, 0.1) is 5.41 Å². The standard InChI is InChI=1S/C12H21N3O5S/c1-12(2,3)4-9(16)5-14-21(19,20)10-6-13-15(7-10)8-11(17)18/h6-7,9,14,16H,4-5,8H2,1-3H3,(H,17,18). The van der Waals surface area contributed by atoms with Crippen LogP contribution in [-0.4, -0.2) is 47.0 Å². The van der Waals surface area contributed by atoms with Crippen LogP contribution in [0.2, 0.25) is 0 Å². The fraction of sp³-hybridized carbons (Fsp3) is 0.667. The number of carboxylic acids is 1. The Hall–Kier alpha value is -1.45. The molecule has 0 radical (unpaired) electrons. The minimum Gasteiger partial charge on any atom is -0.480 e. The molecule has 1 atom stereocenters. The molecule has 120 valence electrons. The Balaban J connectivity index is 2.65. The molecule has 1 unspecified atom stereocenters. The van der Waals surface area contributed by atoms with E-state index in [2.05, 4.69) is 9.82 Å². The second-order valence-electron chi connectivity index (χ2n) is 6.04. The first kappa shape index (κ1) is 17.6. The Labute approximate surface area is 123 Å². The maximum atomic E-state index is 12.0. The van der Waals surface area contributed by atoms with Crippen molar-refractivity contribution in [1.29, 1.82) is 0 Å². The van der Waals surface area contributed by atoms with Gasteiger partial charge in [-0.1, -0.05) is 20.8 Å². The van der Waals surface area contributed by atoms with Gasteiger partial charge >= 0.3 is 5.97 Å². The van der Waals surface area contributed by atoms with Gasteiger partial charge in [0.1, 0.15) is 11.4 Å². The number of nitrogens with one attached hydrogen (secondary N) is 1. The van der Waals surface area contributed by atoms with E-state index in [-0.39, 0.29) is 16.9 Å². The van der Waals surface area contributed by atoms with E-state index in [0.717, 1.165) is 17.1 Å². The molecule has 0 spiro atoms. The zero-order valence-corrected chi connectivity index (χ0v) is 13.1. The van der Waals surface area contributed by atoms with Crippen molar-refractivity contribution < 1.29 is 23.4 Å². The van der Waals surface area contributed by atoms with Gasteiger partial charge in [0.2, 0.25) is 10.0 Å². The van der Waals surface area contributed by atoms with Crippen LogP contribution < -0.4 is 4.72 Å². The Morgan fingerprint density at radius 3 is 2.62 bits per heavy atom. The second kappa shape index (κ2) is 6.54. The molecule has 0 aromatic carbocycles. The molecule has 1 aromatic rings. The van der Waals surface area contributed by atoms with Crippen molar-refractivity contribution in [3.05, 3.63) is 12.4 Å². The van der Waals surface area contributed by atoms with E-state index in [9.17, 15) is 18.3 Å². The molecule has 0 bridgehead atoms. The number of aliphatic hydroxyl groups is 1. The molecule has 1 heterocycles. The van der Waals surface area contributed by atoms with Gasteiger partial charge in [0, 0.05) is 12.7 Å². The minimum atomic E-state index is -3.81. The zero-order chi connectivity index (χ0) is 16.3. The Morgan fingerprint density at radius 2 is 2.10 bits per heavy atom. The molecule has 0 aliphatic heterocycles. The van der Waals surface area contributed by atoms with Crippen molar-refractivity contribution in [3.63, 3.8) is 0 Å². The van der Waals surface area contributed by atoms with E-state index < -0.39 is 28.6 Å². The summed E-state index contributed by atoms with van der Waals surface area (Å²) in [5.74, 6) is -1.12. The predicted octanol–water partition coefficient (Wildman–Crippen LogP) is 0.0431. The number of rotatable bonds is 7. The number of aliphatic carboxylic acids is 1. The maximum Gasteiger partial charge on any atom is 0.325 e. The Bertz CT molecular complexity index is 588. The summed E-state index contributed by atoms with van der Waals surface area (Å²) in [4.78, 5) is 10.4. The topological polar surface area (TPSA) is 122 Å². The Kier molecular flexibility index (Phi) is 5.48. The van der Waals surface area contributed by atoms with Crippen molar-refractivity contribution >= 4 is 16.0 Å². The van der Waals surface area contributed by atoms with Crippen molar-refractivity contribution in [2.75, 3.05) is 6.54 Å². The number of aromatic nitrogens is 2. The van der Waals surface area contributed by atoms with E-state index >= 15 is 0 Å². The third-order valence-corrected chi connectivity index (χ3v) is 3.95. The summed E-state index contributed by atoms with van der Waals surface area (Å²) in [6.45, 7) is 5.31. The molecule has 0 saturated heterocycles. The van der Waals surface area contributed by atoms with Gasteiger partial charge in [0.05, 0.1) is 12.3 Å². The predicted molar refractivity (Wildman–Crippen MR) is 75.1 cm³/mol. The summed E-state index contributed by atoms with van der Waals surface area (Å²) in [7, 11) is -3.81. The van der Waals surface area contributed by atoms with Crippen LogP contribution >= 0.6 is 0 Å². The van der Waals surface area contributed by atoms with Gasteiger partial charge in [0.25, 0.3) is 0 Å². The summed E-state index contributed by atoms with van der Waals surface area (Å²) >= 11 is 0. The molecular formula is C12H21N3O5S. The van der Waals surface area contributed by atoms with Gasteiger partial charge < -0.3 is 10.2 Å². The van der Waals surface area contributed by atoms with Crippen LogP contribution in [0.3, 0.4) is 0 Å². The molecule has 9 heteroatoms. The molecule has 0 fully saturated rings. The fourth-order valence-electron chi connectivity index (χ4n) is 1.78. The lowest BCUT2D eigenvalue weighted by atomic mass is 9.89.